The molecule has 5 N–H and O–H groups in total. The molecule has 0 atom stereocenters. The van der Waals surface area contributed by atoms with Gasteiger partial charge in [-0.05, 0) is 52.2 Å². The molecule has 0 amide bonds. The van der Waals surface area contributed by atoms with E-state index in [0.717, 1.165) is 21.9 Å². The average molecular weight is 432 g/mol. The summed E-state index contributed by atoms with van der Waals surface area (Å²) in [7, 11) is -3.82. The van der Waals surface area contributed by atoms with Crippen LogP contribution in [-0.2, 0) is 16.6 Å². The lowest BCUT2D eigenvalue weighted by Crippen LogP contribution is -2.13. The van der Waals surface area contributed by atoms with Gasteiger partial charge < -0.3 is 10.5 Å². The van der Waals surface area contributed by atoms with Crippen LogP contribution >= 0.6 is 0 Å². The van der Waals surface area contributed by atoms with E-state index in [1.807, 2.05) is 36.4 Å². The number of hydrogen-bond acceptors (Lipinski definition) is 4. The van der Waals surface area contributed by atoms with Crippen LogP contribution in [0.4, 0.5) is 0 Å². The molecular weight excluding hydrogens is 410 g/mol. The van der Waals surface area contributed by atoms with Gasteiger partial charge in [0.2, 0.25) is 10.0 Å². The van der Waals surface area contributed by atoms with Gasteiger partial charge in [-0.15, -0.1) is 0 Å². The molecule has 4 rings (SSSR count). The van der Waals surface area contributed by atoms with Crippen LogP contribution in [-0.4, -0.2) is 14.3 Å². The van der Waals surface area contributed by atoms with Crippen molar-refractivity contribution in [1.29, 1.82) is 5.41 Å². The number of benzene rings is 4. The molecule has 156 valence electrons. The van der Waals surface area contributed by atoms with Crippen molar-refractivity contribution in [2.75, 3.05) is 0 Å². The summed E-state index contributed by atoms with van der Waals surface area (Å²) in [6, 6.07) is 25.5. The molecule has 0 aliphatic carbocycles. The molecular formula is C24H21N3O3S. The van der Waals surface area contributed by atoms with Gasteiger partial charge in [-0.2, -0.15) is 0 Å². The molecule has 0 unspecified atom stereocenters. The fraction of sp³-hybridized carbons (Fsp3) is 0.0417. The maximum Gasteiger partial charge on any atom is 0.238 e. The lowest BCUT2D eigenvalue weighted by atomic mass is 10.0. The van der Waals surface area contributed by atoms with E-state index in [9.17, 15) is 8.42 Å². The maximum atomic E-state index is 11.8. The minimum Gasteiger partial charge on any atom is -0.489 e. The highest BCUT2D eigenvalue weighted by Gasteiger charge is 2.14. The zero-order valence-electron chi connectivity index (χ0n) is 16.6. The topological polar surface area (TPSA) is 119 Å². The first-order valence-electron chi connectivity index (χ1n) is 9.53. The van der Waals surface area contributed by atoms with Crippen molar-refractivity contribution >= 4 is 26.6 Å². The molecule has 0 radical (unpaired) electrons. The summed E-state index contributed by atoms with van der Waals surface area (Å²) in [5.41, 5.74) is 8.53. The normalized spacial score (nSPS) is 11.4. The monoisotopic (exact) mass is 431 g/mol. The summed E-state index contributed by atoms with van der Waals surface area (Å²) >= 11 is 0. The smallest absolute Gasteiger partial charge is 0.238 e. The number of ether oxygens (including phenoxy) is 1. The molecule has 31 heavy (non-hydrogen) atoms. The van der Waals surface area contributed by atoms with Gasteiger partial charge in [-0.3, -0.25) is 5.41 Å². The van der Waals surface area contributed by atoms with Gasteiger partial charge in [0.1, 0.15) is 18.2 Å². The molecule has 0 fully saturated rings. The molecule has 4 aromatic rings. The molecule has 0 aromatic heterocycles. The van der Waals surface area contributed by atoms with Crippen LogP contribution in [0.15, 0.2) is 89.8 Å². The molecule has 0 saturated heterocycles. The van der Waals surface area contributed by atoms with E-state index in [1.54, 1.807) is 42.5 Å². The quantitative estimate of drug-likeness (QED) is 0.315. The highest BCUT2D eigenvalue weighted by atomic mass is 32.2. The first-order chi connectivity index (χ1) is 14.8. The molecule has 7 heteroatoms. The van der Waals surface area contributed by atoms with Crippen LogP contribution in [0, 0.1) is 5.41 Å². The lowest BCUT2D eigenvalue weighted by molar-refractivity contribution is 0.306. The van der Waals surface area contributed by atoms with Crippen LogP contribution in [0.25, 0.3) is 21.9 Å². The molecule has 4 aromatic carbocycles. The summed E-state index contributed by atoms with van der Waals surface area (Å²) in [6.45, 7) is 0.368. The van der Waals surface area contributed by atoms with Crippen LogP contribution in [0.1, 0.15) is 11.1 Å². The predicted molar refractivity (Wildman–Crippen MR) is 123 cm³/mol. The third-order valence-corrected chi connectivity index (χ3v) is 5.95. The third kappa shape index (κ3) is 4.58. The molecule has 0 spiro atoms. The number of sulfonamides is 1. The Labute approximate surface area is 180 Å². The van der Waals surface area contributed by atoms with Crippen molar-refractivity contribution in [3.05, 3.63) is 96.1 Å². The van der Waals surface area contributed by atoms with Gasteiger partial charge in [-0.25, -0.2) is 13.6 Å². The minimum atomic E-state index is -3.82. The molecule has 0 aliphatic heterocycles. The van der Waals surface area contributed by atoms with E-state index in [0.29, 0.717) is 23.5 Å². The van der Waals surface area contributed by atoms with Crippen molar-refractivity contribution in [2.24, 2.45) is 10.9 Å². The summed E-state index contributed by atoms with van der Waals surface area (Å²) in [5, 5.41) is 15.0. The second kappa shape index (κ2) is 8.22. The second-order valence-electron chi connectivity index (χ2n) is 7.16. The van der Waals surface area contributed by atoms with E-state index >= 15 is 0 Å². The Morgan fingerprint density at radius 1 is 0.871 bits per heavy atom. The maximum absolute atomic E-state index is 11.8. The van der Waals surface area contributed by atoms with Crippen molar-refractivity contribution < 1.29 is 13.2 Å². The number of nitrogens with two attached hydrogens (primary N) is 2. The number of fused-ring (bicyclic) bond motifs is 1. The molecule has 0 saturated carbocycles. The van der Waals surface area contributed by atoms with E-state index in [2.05, 4.69) is 0 Å². The van der Waals surface area contributed by atoms with Crippen LogP contribution in [0.5, 0.6) is 5.75 Å². The third-order valence-electron chi connectivity index (χ3n) is 4.98. The van der Waals surface area contributed by atoms with Crippen molar-refractivity contribution in [2.45, 2.75) is 11.5 Å². The minimum absolute atomic E-state index is 0.0349. The van der Waals surface area contributed by atoms with Crippen LogP contribution in [0.2, 0.25) is 0 Å². The van der Waals surface area contributed by atoms with E-state index in [-0.39, 0.29) is 10.7 Å². The van der Waals surface area contributed by atoms with Crippen molar-refractivity contribution in [3.63, 3.8) is 0 Å². The molecule has 0 heterocycles. The SMILES string of the molecule is N=C(N)c1ccc2ccc(COc3ccc(-c4ccccc4S(N)(=O)=O)cc3)cc2c1. The summed E-state index contributed by atoms with van der Waals surface area (Å²) < 4.78 is 29.6. The largest absolute Gasteiger partial charge is 0.489 e. The van der Waals surface area contributed by atoms with Gasteiger partial charge >= 0.3 is 0 Å². The molecule has 6 nitrogen and oxygen atoms in total. The van der Waals surface area contributed by atoms with Crippen LogP contribution in [0.3, 0.4) is 0 Å². The fourth-order valence-electron chi connectivity index (χ4n) is 3.40. The summed E-state index contributed by atoms with van der Waals surface area (Å²) in [6.07, 6.45) is 0. The Morgan fingerprint density at radius 3 is 2.29 bits per heavy atom. The van der Waals surface area contributed by atoms with Crippen molar-refractivity contribution in [1.82, 2.24) is 0 Å². The summed E-state index contributed by atoms with van der Waals surface area (Å²) in [4.78, 5) is 0.0877. The number of rotatable bonds is 6. The average Bonchev–Trinajstić information content (AvgIpc) is 2.77. The van der Waals surface area contributed by atoms with Gasteiger partial charge in [-0.1, -0.05) is 54.6 Å². The van der Waals surface area contributed by atoms with E-state index in [4.69, 9.17) is 21.0 Å². The van der Waals surface area contributed by atoms with E-state index < -0.39 is 10.0 Å². The molecule has 0 bridgehead atoms. The first-order valence-corrected chi connectivity index (χ1v) is 11.1. The Kier molecular flexibility index (Phi) is 5.46. The second-order valence-corrected chi connectivity index (χ2v) is 8.69. The number of nitrogen functional groups attached to an aromatic ring is 1. The Balaban J connectivity index is 1.52. The number of nitrogens with one attached hydrogen (secondary N) is 1. The zero-order chi connectivity index (χ0) is 22.0. The van der Waals surface area contributed by atoms with Gasteiger partial charge in [0.15, 0.2) is 0 Å². The van der Waals surface area contributed by atoms with Gasteiger partial charge in [0.05, 0.1) is 4.90 Å². The predicted octanol–water partition coefficient (Wildman–Crippen LogP) is 4.02. The molecule has 0 aliphatic rings. The highest BCUT2D eigenvalue weighted by molar-refractivity contribution is 7.89. The van der Waals surface area contributed by atoms with E-state index in [1.165, 1.54) is 6.07 Å². The zero-order valence-corrected chi connectivity index (χ0v) is 17.4. The summed E-state index contributed by atoms with van der Waals surface area (Å²) in [5.74, 6) is 0.696. The number of hydrogen-bond donors (Lipinski definition) is 3. The number of primary sulfonamides is 1. The highest BCUT2D eigenvalue weighted by Crippen LogP contribution is 2.28. The van der Waals surface area contributed by atoms with Crippen LogP contribution < -0.4 is 15.6 Å². The number of amidine groups is 1. The van der Waals surface area contributed by atoms with Gasteiger partial charge in [0, 0.05) is 11.1 Å². The fourth-order valence-corrected chi connectivity index (χ4v) is 4.16. The Bertz CT molecular complexity index is 1380. The Morgan fingerprint density at radius 2 is 1.58 bits per heavy atom. The standard InChI is InChI=1S/C24H21N3O3S/c25-24(26)19-8-7-17-6-5-16(13-20(17)14-19)15-30-21-11-9-18(10-12-21)22-3-1-2-4-23(22)31(27,28)29/h1-14H,15H2,(H3,25,26)(H2,27,28,29). The first kappa shape index (κ1) is 20.6. The Hall–Kier alpha value is -3.68. The lowest BCUT2D eigenvalue weighted by Gasteiger charge is -2.10. The van der Waals surface area contributed by atoms with Gasteiger partial charge in [0.25, 0.3) is 0 Å². The van der Waals surface area contributed by atoms with Crippen molar-refractivity contribution in [3.8, 4) is 16.9 Å².